The molecule has 20 heavy (non-hydrogen) atoms. The van der Waals surface area contributed by atoms with E-state index >= 15 is 0 Å². The molecule has 1 aliphatic carbocycles. The van der Waals surface area contributed by atoms with Crippen LogP contribution in [0.1, 0.15) is 33.1 Å². The SMILES string of the molecule is CCCNc1nc(OCC)nc(N(CCO)C2CC2)n1. The van der Waals surface area contributed by atoms with E-state index in [0.29, 0.717) is 37.1 Å². The standard InChI is InChI=1S/C13H23N5O2/c1-3-7-14-11-15-12(17-13(16-11)20-4-2)18(8-9-19)10-5-6-10/h10,19H,3-9H2,1-2H3,(H,14,15,16,17). The summed E-state index contributed by atoms with van der Waals surface area (Å²) in [6, 6.07) is 0.762. The highest BCUT2D eigenvalue weighted by atomic mass is 16.5. The zero-order valence-electron chi connectivity index (χ0n) is 12.2. The Bertz CT molecular complexity index is 425. The van der Waals surface area contributed by atoms with Gasteiger partial charge in [0.2, 0.25) is 11.9 Å². The van der Waals surface area contributed by atoms with Gasteiger partial charge in [0.05, 0.1) is 13.2 Å². The van der Waals surface area contributed by atoms with Gasteiger partial charge in [-0.05, 0) is 26.2 Å². The molecule has 1 saturated carbocycles. The van der Waals surface area contributed by atoms with Crippen LogP contribution in [0.4, 0.5) is 11.9 Å². The number of hydrogen-bond acceptors (Lipinski definition) is 7. The van der Waals surface area contributed by atoms with E-state index in [4.69, 9.17) is 4.74 Å². The van der Waals surface area contributed by atoms with Gasteiger partial charge >= 0.3 is 6.01 Å². The van der Waals surface area contributed by atoms with Crippen LogP contribution in [0.15, 0.2) is 0 Å². The molecule has 0 aromatic carbocycles. The average Bonchev–Trinajstić information content (AvgIpc) is 3.27. The summed E-state index contributed by atoms with van der Waals surface area (Å²) in [6.45, 7) is 5.92. The van der Waals surface area contributed by atoms with Crippen LogP contribution in [0, 0.1) is 0 Å². The Hall–Kier alpha value is -1.63. The lowest BCUT2D eigenvalue weighted by molar-refractivity contribution is 0.298. The summed E-state index contributed by atoms with van der Waals surface area (Å²) in [6.07, 6.45) is 3.23. The van der Waals surface area contributed by atoms with E-state index in [9.17, 15) is 5.11 Å². The molecule has 0 aliphatic heterocycles. The van der Waals surface area contributed by atoms with Crippen molar-refractivity contribution in [1.82, 2.24) is 15.0 Å². The van der Waals surface area contributed by atoms with Crippen molar-refractivity contribution in [1.29, 1.82) is 0 Å². The maximum absolute atomic E-state index is 9.20. The fourth-order valence-corrected chi connectivity index (χ4v) is 1.92. The topological polar surface area (TPSA) is 83.4 Å². The number of aromatic nitrogens is 3. The molecule has 0 unspecified atom stereocenters. The first-order valence-electron chi connectivity index (χ1n) is 7.28. The zero-order chi connectivity index (χ0) is 14.4. The molecule has 1 aliphatic rings. The second-order valence-electron chi connectivity index (χ2n) is 4.75. The van der Waals surface area contributed by atoms with Gasteiger partial charge < -0.3 is 20.1 Å². The first-order chi connectivity index (χ1) is 9.78. The molecule has 112 valence electrons. The second-order valence-corrected chi connectivity index (χ2v) is 4.75. The molecule has 0 radical (unpaired) electrons. The van der Waals surface area contributed by atoms with Gasteiger partial charge in [-0.3, -0.25) is 0 Å². The van der Waals surface area contributed by atoms with Crippen LogP contribution in [0.2, 0.25) is 0 Å². The summed E-state index contributed by atoms with van der Waals surface area (Å²) >= 11 is 0. The summed E-state index contributed by atoms with van der Waals surface area (Å²) < 4.78 is 5.40. The van der Waals surface area contributed by atoms with E-state index in [1.54, 1.807) is 0 Å². The normalized spacial score (nSPS) is 14.2. The first-order valence-corrected chi connectivity index (χ1v) is 7.28. The Kier molecular flexibility index (Phi) is 5.34. The van der Waals surface area contributed by atoms with Gasteiger partial charge in [0.15, 0.2) is 0 Å². The monoisotopic (exact) mass is 281 g/mol. The van der Waals surface area contributed by atoms with Crippen molar-refractivity contribution in [2.45, 2.75) is 39.2 Å². The molecule has 1 fully saturated rings. The maximum Gasteiger partial charge on any atom is 0.323 e. The van der Waals surface area contributed by atoms with Gasteiger partial charge in [-0.25, -0.2) is 0 Å². The number of nitrogens with one attached hydrogen (secondary N) is 1. The lowest BCUT2D eigenvalue weighted by atomic mass is 10.5. The summed E-state index contributed by atoms with van der Waals surface area (Å²) in [5.41, 5.74) is 0. The highest BCUT2D eigenvalue weighted by Gasteiger charge is 2.31. The minimum Gasteiger partial charge on any atom is -0.464 e. The van der Waals surface area contributed by atoms with Crippen LogP contribution in [0.5, 0.6) is 6.01 Å². The van der Waals surface area contributed by atoms with Crippen LogP contribution in [0.3, 0.4) is 0 Å². The number of aliphatic hydroxyl groups is 1. The third-order valence-electron chi connectivity index (χ3n) is 3.00. The van der Waals surface area contributed by atoms with Crippen molar-refractivity contribution < 1.29 is 9.84 Å². The summed E-state index contributed by atoms with van der Waals surface area (Å²) in [5.74, 6) is 1.11. The van der Waals surface area contributed by atoms with Crippen molar-refractivity contribution >= 4 is 11.9 Å². The fourth-order valence-electron chi connectivity index (χ4n) is 1.92. The third-order valence-corrected chi connectivity index (χ3v) is 3.00. The van der Waals surface area contributed by atoms with E-state index in [-0.39, 0.29) is 6.61 Å². The Labute approximate surface area is 119 Å². The minimum atomic E-state index is 0.0872. The summed E-state index contributed by atoms with van der Waals surface area (Å²) in [5, 5.41) is 12.4. The van der Waals surface area contributed by atoms with E-state index in [1.807, 2.05) is 11.8 Å². The van der Waals surface area contributed by atoms with Crippen LogP contribution in [-0.2, 0) is 0 Å². The molecule has 0 spiro atoms. The number of hydrogen-bond donors (Lipinski definition) is 2. The Morgan fingerprint density at radius 1 is 1.30 bits per heavy atom. The molecular weight excluding hydrogens is 258 g/mol. The summed E-state index contributed by atoms with van der Waals surface area (Å²) in [7, 11) is 0. The molecule has 7 nitrogen and oxygen atoms in total. The van der Waals surface area contributed by atoms with Crippen LogP contribution < -0.4 is 15.0 Å². The van der Waals surface area contributed by atoms with Gasteiger partial charge in [0.1, 0.15) is 0 Å². The molecule has 1 aromatic heterocycles. The smallest absolute Gasteiger partial charge is 0.323 e. The number of anilines is 2. The predicted molar refractivity (Wildman–Crippen MR) is 77.2 cm³/mol. The molecule has 1 heterocycles. The van der Waals surface area contributed by atoms with E-state index in [1.165, 1.54) is 0 Å². The number of nitrogens with zero attached hydrogens (tertiary/aromatic N) is 4. The van der Waals surface area contributed by atoms with Gasteiger partial charge in [-0.2, -0.15) is 15.0 Å². The highest BCUT2D eigenvalue weighted by Crippen LogP contribution is 2.30. The Balaban J connectivity index is 2.21. The molecular formula is C13H23N5O2. The highest BCUT2D eigenvalue weighted by molar-refractivity contribution is 5.40. The van der Waals surface area contributed by atoms with Crippen molar-refractivity contribution in [2.24, 2.45) is 0 Å². The van der Waals surface area contributed by atoms with Crippen LogP contribution >= 0.6 is 0 Å². The Morgan fingerprint density at radius 3 is 2.70 bits per heavy atom. The molecule has 0 atom stereocenters. The molecule has 0 amide bonds. The van der Waals surface area contributed by atoms with Crippen molar-refractivity contribution in [2.75, 3.05) is 36.5 Å². The molecule has 0 saturated heterocycles. The average molecular weight is 281 g/mol. The van der Waals surface area contributed by atoms with Gasteiger partial charge in [-0.1, -0.05) is 6.92 Å². The molecule has 1 aromatic rings. The zero-order valence-corrected chi connectivity index (χ0v) is 12.2. The van der Waals surface area contributed by atoms with E-state index in [2.05, 4.69) is 27.2 Å². The molecule has 2 N–H and O–H groups in total. The van der Waals surface area contributed by atoms with E-state index in [0.717, 1.165) is 25.8 Å². The van der Waals surface area contributed by atoms with Gasteiger partial charge in [0.25, 0.3) is 0 Å². The Morgan fingerprint density at radius 2 is 2.10 bits per heavy atom. The third kappa shape index (κ3) is 3.93. The number of rotatable bonds is 9. The summed E-state index contributed by atoms with van der Waals surface area (Å²) in [4.78, 5) is 15.0. The van der Waals surface area contributed by atoms with Crippen molar-refractivity contribution in [3.8, 4) is 6.01 Å². The number of aliphatic hydroxyl groups excluding tert-OH is 1. The molecule has 7 heteroatoms. The molecule has 0 bridgehead atoms. The van der Waals surface area contributed by atoms with Crippen molar-refractivity contribution in [3.05, 3.63) is 0 Å². The fraction of sp³-hybridized carbons (Fsp3) is 0.769. The largest absolute Gasteiger partial charge is 0.464 e. The van der Waals surface area contributed by atoms with Gasteiger partial charge in [-0.15, -0.1) is 0 Å². The maximum atomic E-state index is 9.20. The quantitative estimate of drug-likeness (QED) is 0.700. The first kappa shape index (κ1) is 14.8. The van der Waals surface area contributed by atoms with Crippen LogP contribution in [0.25, 0.3) is 0 Å². The lowest BCUT2D eigenvalue weighted by Crippen LogP contribution is -2.31. The van der Waals surface area contributed by atoms with E-state index < -0.39 is 0 Å². The predicted octanol–water partition coefficient (Wildman–Crippen LogP) is 1.05. The minimum absolute atomic E-state index is 0.0872. The lowest BCUT2D eigenvalue weighted by Gasteiger charge is -2.21. The second kappa shape index (κ2) is 7.23. The van der Waals surface area contributed by atoms with Crippen molar-refractivity contribution in [3.63, 3.8) is 0 Å². The number of ether oxygens (including phenoxy) is 1. The van der Waals surface area contributed by atoms with Gasteiger partial charge in [0, 0.05) is 19.1 Å². The van der Waals surface area contributed by atoms with Crippen LogP contribution in [-0.4, -0.2) is 52.4 Å². The molecule has 2 rings (SSSR count).